The predicted octanol–water partition coefficient (Wildman–Crippen LogP) is 4.61. The standard InChI is InChI=1S/C23H25NO4/c1-5-17-13-9-11-15-19(17)24(20-16-12-10-14-18(20)6-2)21(22(25)27-7-3)23(26)28-8-4/h5-6,9-16,21H,1-2,7-8H2,3-4H3. The number of rotatable bonds is 9. The Hall–Kier alpha value is -3.34. The first-order chi connectivity index (χ1) is 13.6. The summed E-state index contributed by atoms with van der Waals surface area (Å²) in [5.74, 6) is -1.36. The molecule has 28 heavy (non-hydrogen) atoms. The second kappa shape index (κ2) is 10.1. The number of esters is 2. The van der Waals surface area contributed by atoms with Crippen LogP contribution in [0, 0.1) is 0 Å². The van der Waals surface area contributed by atoms with E-state index in [-0.39, 0.29) is 13.2 Å². The lowest BCUT2D eigenvalue weighted by molar-refractivity contribution is -0.156. The first kappa shape index (κ1) is 21.0. The topological polar surface area (TPSA) is 55.8 Å². The number of hydrogen-bond acceptors (Lipinski definition) is 5. The van der Waals surface area contributed by atoms with Gasteiger partial charge in [-0.3, -0.25) is 0 Å². The Morgan fingerprint density at radius 3 is 1.61 bits per heavy atom. The Morgan fingerprint density at radius 2 is 1.25 bits per heavy atom. The van der Waals surface area contributed by atoms with Crippen molar-refractivity contribution < 1.29 is 19.1 Å². The fourth-order valence-electron chi connectivity index (χ4n) is 2.92. The molecule has 0 aliphatic carbocycles. The molecule has 0 aliphatic rings. The third kappa shape index (κ3) is 4.49. The van der Waals surface area contributed by atoms with E-state index in [2.05, 4.69) is 13.2 Å². The predicted molar refractivity (Wildman–Crippen MR) is 112 cm³/mol. The van der Waals surface area contributed by atoms with Crippen LogP contribution in [-0.4, -0.2) is 31.2 Å². The first-order valence-electron chi connectivity index (χ1n) is 9.14. The molecule has 0 saturated carbocycles. The van der Waals surface area contributed by atoms with Gasteiger partial charge in [0.2, 0.25) is 6.04 Å². The van der Waals surface area contributed by atoms with Crippen molar-refractivity contribution in [1.82, 2.24) is 0 Å². The van der Waals surface area contributed by atoms with Crippen molar-refractivity contribution in [1.29, 1.82) is 0 Å². The molecule has 0 atom stereocenters. The number of carbonyl (C=O) groups excluding carboxylic acids is 2. The van der Waals surface area contributed by atoms with E-state index in [1.807, 2.05) is 48.5 Å². The van der Waals surface area contributed by atoms with Gasteiger partial charge in [-0.25, -0.2) is 9.59 Å². The van der Waals surface area contributed by atoms with Crippen molar-refractivity contribution in [2.24, 2.45) is 0 Å². The summed E-state index contributed by atoms with van der Waals surface area (Å²) in [5, 5.41) is 0. The van der Waals surface area contributed by atoms with Gasteiger partial charge in [-0.05, 0) is 37.1 Å². The van der Waals surface area contributed by atoms with Gasteiger partial charge in [0.05, 0.1) is 13.2 Å². The summed E-state index contributed by atoms with van der Waals surface area (Å²) >= 11 is 0. The van der Waals surface area contributed by atoms with Crippen LogP contribution in [0.1, 0.15) is 25.0 Å². The fraction of sp³-hybridized carbons (Fsp3) is 0.217. The SMILES string of the molecule is C=Cc1ccccc1N(c1ccccc1C=C)C(C(=O)OCC)C(=O)OCC. The number of carbonyl (C=O) groups is 2. The quantitative estimate of drug-likeness (QED) is 0.471. The molecule has 0 radical (unpaired) electrons. The van der Waals surface area contributed by atoms with Crippen molar-refractivity contribution in [2.75, 3.05) is 18.1 Å². The number of benzene rings is 2. The number of para-hydroxylation sites is 2. The van der Waals surface area contributed by atoms with Crippen LogP contribution in [0.25, 0.3) is 12.2 Å². The van der Waals surface area contributed by atoms with Gasteiger partial charge in [-0.15, -0.1) is 0 Å². The molecule has 5 heteroatoms. The number of ether oxygens (including phenoxy) is 2. The van der Waals surface area contributed by atoms with Crippen molar-refractivity contribution in [3.8, 4) is 0 Å². The Labute approximate surface area is 165 Å². The number of hydrogen-bond donors (Lipinski definition) is 0. The van der Waals surface area contributed by atoms with Crippen LogP contribution in [0.3, 0.4) is 0 Å². The lowest BCUT2D eigenvalue weighted by Crippen LogP contribution is -2.47. The smallest absolute Gasteiger partial charge is 0.340 e. The van der Waals surface area contributed by atoms with Crippen molar-refractivity contribution in [2.45, 2.75) is 19.9 Å². The van der Waals surface area contributed by atoms with Crippen LogP contribution in [0.5, 0.6) is 0 Å². The van der Waals surface area contributed by atoms with E-state index in [0.717, 1.165) is 11.1 Å². The summed E-state index contributed by atoms with van der Waals surface area (Å²) in [4.78, 5) is 27.3. The molecule has 0 N–H and O–H groups in total. The number of nitrogens with zero attached hydrogens (tertiary/aromatic N) is 1. The summed E-state index contributed by atoms with van der Waals surface area (Å²) in [6, 6.07) is 13.5. The van der Waals surface area contributed by atoms with E-state index in [9.17, 15) is 9.59 Å². The average molecular weight is 379 g/mol. The van der Waals surface area contributed by atoms with Gasteiger partial charge in [0.15, 0.2) is 0 Å². The second-order valence-electron chi connectivity index (χ2n) is 5.80. The Bertz CT molecular complexity index is 790. The molecule has 0 unspecified atom stereocenters. The normalized spacial score (nSPS) is 10.2. The summed E-state index contributed by atoms with van der Waals surface area (Å²) < 4.78 is 10.4. The largest absolute Gasteiger partial charge is 0.464 e. The molecule has 0 aliphatic heterocycles. The molecule has 2 aromatic carbocycles. The van der Waals surface area contributed by atoms with Crippen molar-refractivity contribution in [3.05, 3.63) is 72.8 Å². The molecular weight excluding hydrogens is 354 g/mol. The molecule has 0 saturated heterocycles. The van der Waals surface area contributed by atoms with Crippen LogP contribution < -0.4 is 4.90 Å². The van der Waals surface area contributed by atoms with Crippen LogP contribution in [0.2, 0.25) is 0 Å². The fourth-order valence-corrected chi connectivity index (χ4v) is 2.92. The summed E-state index contributed by atoms with van der Waals surface area (Å²) in [7, 11) is 0. The highest BCUT2D eigenvalue weighted by Crippen LogP contribution is 2.35. The first-order valence-corrected chi connectivity index (χ1v) is 9.14. The Morgan fingerprint density at radius 1 is 0.857 bits per heavy atom. The molecular formula is C23H25NO4. The van der Waals surface area contributed by atoms with Gasteiger partial charge in [-0.2, -0.15) is 0 Å². The molecule has 0 heterocycles. The van der Waals surface area contributed by atoms with Gasteiger partial charge in [0, 0.05) is 11.4 Å². The highest BCUT2D eigenvalue weighted by Gasteiger charge is 2.38. The summed E-state index contributed by atoms with van der Waals surface area (Å²) in [6.45, 7) is 11.4. The minimum Gasteiger partial charge on any atom is -0.464 e. The van der Waals surface area contributed by atoms with E-state index in [0.29, 0.717) is 11.4 Å². The van der Waals surface area contributed by atoms with Crippen LogP contribution in [0.15, 0.2) is 61.7 Å². The lowest BCUT2D eigenvalue weighted by atomic mass is 10.0. The molecule has 0 bridgehead atoms. The van der Waals surface area contributed by atoms with E-state index >= 15 is 0 Å². The average Bonchev–Trinajstić information content (AvgIpc) is 2.72. The molecule has 0 spiro atoms. The molecule has 0 aromatic heterocycles. The molecule has 146 valence electrons. The Balaban J connectivity index is 2.77. The zero-order valence-electron chi connectivity index (χ0n) is 16.3. The van der Waals surface area contributed by atoms with Crippen molar-refractivity contribution in [3.63, 3.8) is 0 Å². The van der Waals surface area contributed by atoms with Crippen LogP contribution in [-0.2, 0) is 19.1 Å². The minimum absolute atomic E-state index is 0.148. The van der Waals surface area contributed by atoms with Gasteiger partial charge in [0.1, 0.15) is 0 Å². The highest BCUT2D eigenvalue weighted by atomic mass is 16.6. The minimum atomic E-state index is -1.30. The van der Waals surface area contributed by atoms with E-state index in [1.54, 1.807) is 30.9 Å². The number of anilines is 2. The zero-order valence-corrected chi connectivity index (χ0v) is 16.3. The van der Waals surface area contributed by atoms with Crippen LogP contribution in [0.4, 0.5) is 11.4 Å². The van der Waals surface area contributed by atoms with Crippen molar-refractivity contribution >= 4 is 35.5 Å². The Kier molecular flexibility index (Phi) is 7.57. The molecule has 0 fully saturated rings. The van der Waals surface area contributed by atoms with Gasteiger partial charge < -0.3 is 14.4 Å². The second-order valence-corrected chi connectivity index (χ2v) is 5.80. The van der Waals surface area contributed by atoms with Gasteiger partial charge in [-0.1, -0.05) is 61.7 Å². The van der Waals surface area contributed by atoms with E-state index in [4.69, 9.17) is 9.47 Å². The van der Waals surface area contributed by atoms with Gasteiger partial charge >= 0.3 is 11.9 Å². The van der Waals surface area contributed by atoms with Crippen LogP contribution >= 0.6 is 0 Å². The summed E-state index contributed by atoms with van der Waals surface area (Å²) in [5.41, 5.74) is 2.80. The molecule has 2 rings (SSSR count). The lowest BCUT2D eigenvalue weighted by Gasteiger charge is -2.33. The molecule has 0 amide bonds. The van der Waals surface area contributed by atoms with E-state index in [1.165, 1.54) is 0 Å². The maximum Gasteiger partial charge on any atom is 0.340 e. The zero-order chi connectivity index (χ0) is 20.5. The highest BCUT2D eigenvalue weighted by molar-refractivity contribution is 6.05. The molecule has 5 nitrogen and oxygen atoms in total. The third-order valence-corrected chi connectivity index (χ3v) is 4.11. The van der Waals surface area contributed by atoms with E-state index < -0.39 is 18.0 Å². The third-order valence-electron chi connectivity index (χ3n) is 4.11. The maximum atomic E-state index is 12.8. The van der Waals surface area contributed by atoms with Gasteiger partial charge in [0.25, 0.3) is 0 Å². The monoisotopic (exact) mass is 379 g/mol. The summed E-state index contributed by atoms with van der Waals surface area (Å²) in [6.07, 6.45) is 3.35. The molecule has 2 aromatic rings. The maximum absolute atomic E-state index is 12.8.